The summed E-state index contributed by atoms with van der Waals surface area (Å²) in [5, 5.41) is 19.6. The molecule has 13 nitrogen and oxygen atoms in total. The summed E-state index contributed by atoms with van der Waals surface area (Å²) in [5.41, 5.74) is 7.22. The number of aryl methyl sites for hydroxylation is 1. The summed E-state index contributed by atoms with van der Waals surface area (Å²) in [6.45, 7) is 1.52. The van der Waals surface area contributed by atoms with Crippen LogP contribution in [-0.2, 0) is 37.7 Å². The number of piperidine rings is 1. The van der Waals surface area contributed by atoms with E-state index in [1.807, 2.05) is 12.1 Å². The lowest BCUT2D eigenvalue weighted by atomic mass is 9.91. The first-order valence-electron chi connectivity index (χ1n) is 14.4. The van der Waals surface area contributed by atoms with Crippen LogP contribution in [-0.4, -0.2) is 64.3 Å². The number of alkyl halides is 3. The number of carbonyl (C=O) groups excluding carboxylic acids is 1. The fourth-order valence-corrected chi connectivity index (χ4v) is 5.80. The largest absolute Gasteiger partial charge is 0.471 e. The highest BCUT2D eigenvalue weighted by Crippen LogP contribution is 2.32. The van der Waals surface area contributed by atoms with Crippen molar-refractivity contribution in [2.75, 3.05) is 13.1 Å². The average molecular weight is 673 g/mol. The number of aliphatic hydroxyl groups is 1. The van der Waals surface area contributed by atoms with E-state index >= 15 is 0 Å². The van der Waals surface area contributed by atoms with Gasteiger partial charge in [0.1, 0.15) is 12.1 Å². The minimum Gasteiger partial charge on any atom is -0.445 e. The molecule has 0 atom stereocenters. The van der Waals surface area contributed by atoms with E-state index in [0.717, 1.165) is 16.7 Å². The number of hydrogen-bond acceptors (Lipinski definition) is 10. The van der Waals surface area contributed by atoms with Gasteiger partial charge in [-0.2, -0.15) is 23.3 Å². The molecular formula is C30H28ClF3N8O5. The third-order valence-electron chi connectivity index (χ3n) is 8.05. The summed E-state index contributed by atoms with van der Waals surface area (Å²) in [6, 6.07) is 11.9. The Morgan fingerprint density at radius 3 is 2.47 bits per heavy atom. The zero-order valence-corrected chi connectivity index (χ0v) is 25.6. The molecule has 0 radical (unpaired) electrons. The molecule has 1 saturated heterocycles. The van der Waals surface area contributed by atoms with E-state index in [9.17, 15) is 27.9 Å². The van der Waals surface area contributed by atoms with Gasteiger partial charge in [0.05, 0.1) is 24.2 Å². The fraction of sp³-hybridized carbons (Fsp3) is 0.333. The van der Waals surface area contributed by atoms with Crippen molar-refractivity contribution in [3.05, 3.63) is 81.2 Å². The number of amides is 1. The van der Waals surface area contributed by atoms with Crippen molar-refractivity contribution in [2.45, 2.75) is 44.3 Å². The second-order valence-electron chi connectivity index (χ2n) is 11.4. The van der Waals surface area contributed by atoms with Crippen LogP contribution in [0.15, 0.2) is 58.1 Å². The quantitative estimate of drug-likeness (QED) is 0.244. The zero-order valence-electron chi connectivity index (χ0n) is 24.9. The Hall–Kier alpha value is -4.80. The summed E-state index contributed by atoms with van der Waals surface area (Å²) in [6.07, 6.45) is -3.46. The van der Waals surface area contributed by atoms with Crippen LogP contribution in [0.1, 0.15) is 29.9 Å². The molecule has 0 spiro atoms. The van der Waals surface area contributed by atoms with Crippen molar-refractivity contribution in [3.63, 3.8) is 0 Å². The topological polar surface area (TPSA) is 167 Å². The first-order chi connectivity index (χ1) is 22.3. The lowest BCUT2D eigenvalue weighted by molar-refractivity contribution is -0.159. The second-order valence-corrected chi connectivity index (χ2v) is 11.8. The summed E-state index contributed by atoms with van der Waals surface area (Å²) < 4.78 is 50.5. The number of benzene rings is 2. The van der Waals surface area contributed by atoms with E-state index in [1.165, 1.54) is 17.0 Å². The number of hydrogen-bond donors (Lipinski definition) is 2. The van der Waals surface area contributed by atoms with Gasteiger partial charge in [0.25, 0.3) is 5.56 Å². The number of primary amides is 1. The molecule has 0 unspecified atom stereocenters. The highest BCUT2D eigenvalue weighted by atomic mass is 35.5. The van der Waals surface area contributed by atoms with Crippen LogP contribution in [0.4, 0.5) is 18.0 Å². The normalized spacial score (nSPS) is 15.3. The molecule has 17 heteroatoms. The predicted molar refractivity (Wildman–Crippen MR) is 162 cm³/mol. The Kier molecular flexibility index (Phi) is 8.50. The number of rotatable bonds is 8. The standard InChI is InChI=1S/C30H28ClF3N8O5/c1-40-24(18-4-2-17(3-5-18)14-46-28(35)44)22-23(38-40)26(43)42(16-36-22)15-29(45)8-10-41(11-9-29)13-20-7-6-19(12-21(20)31)25-37-27(47-39-25)30(32,33)34/h2-7,12,16,45H,8-11,13-15H2,1H3,(H2,35,44). The van der Waals surface area contributed by atoms with Crippen LogP contribution >= 0.6 is 11.6 Å². The molecule has 5 aromatic rings. The molecule has 246 valence electrons. The Morgan fingerprint density at radius 2 is 1.83 bits per heavy atom. The van der Waals surface area contributed by atoms with Gasteiger partial charge >= 0.3 is 18.2 Å². The highest BCUT2D eigenvalue weighted by Gasteiger charge is 2.38. The van der Waals surface area contributed by atoms with Crippen LogP contribution in [0.5, 0.6) is 0 Å². The second kappa shape index (κ2) is 12.4. The van der Waals surface area contributed by atoms with E-state index in [0.29, 0.717) is 48.7 Å². The van der Waals surface area contributed by atoms with Gasteiger partial charge in [0.2, 0.25) is 5.82 Å². The van der Waals surface area contributed by atoms with Crippen molar-refractivity contribution in [3.8, 4) is 22.6 Å². The first kappa shape index (κ1) is 32.2. The minimum absolute atomic E-state index is 0.0309. The molecule has 6 rings (SSSR count). The molecule has 0 bridgehead atoms. The van der Waals surface area contributed by atoms with Crippen LogP contribution in [0.25, 0.3) is 33.7 Å². The molecule has 4 heterocycles. The van der Waals surface area contributed by atoms with E-state index < -0.39 is 23.8 Å². The van der Waals surface area contributed by atoms with Crippen LogP contribution in [0, 0.1) is 0 Å². The van der Waals surface area contributed by atoms with Crippen LogP contribution in [0.3, 0.4) is 0 Å². The number of carbonyl (C=O) groups is 1. The number of fused-ring (bicyclic) bond motifs is 1. The van der Waals surface area contributed by atoms with Crippen LogP contribution in [0.2, 0.25) is 5.02 Å². The van der Waals surface area contributed by atoms with Gasteiger partial charge in [-0.15, -0.1) is 0 Å². The van der Waals surface area contributed by atoms with Crippen molar-refractivity contribution in [2.24, 2.45) is 12.8 Å². The zero-order chi connectivity index (χ0) is 33.5. The molecule has 1 fully saturated rings. The maximum atomic E-state index is 13.4. The average Bonchev–Trinajstić information content (AvgIpc) is 3.66. The third-order valence-corrected chi connectivity index (χ3v) is 8.40. The number of ether oxygens (including phenoxy) is 1. The Morgan fingerprint density at radius 1 is 1.13 bits per heavy atom. The number of likely N-dealkylation sites (tertiary alicyclic amines) is 1. The van der Waals surface area contributed by atoms with E-state index in [2.05, 4.69) is 29.6 Å². The van der Waals surface area contributed by atoms with Gasteiger partial charge in [0.15, 0.2) is 5.52 Å². The van der Waals surface area contributed by atoms with E-state index in [-0.39, 0.29) is 35.6 Å². The fourth-order valence-electron chi connectivity index (χ4n) is 5.56. The molecule has 1 aliphatic heterocycles. The summed E-state index contributed by atoms with van der Waals surface area (Å²) in [5.74, 6) is -1.66. The van der Waals surface area contributed by atoms with Gasteiger partial charge in [0, 0.05) is 42.8 Å². The van der Waals surface area contributed by atoms with Crippen molar-refractivity contribution < 1.29 is 32.3 Å². The predicted octanol–water partition coefficient (Wildman–Crippen LogP) is 4.14. The van der Waals surface area contributed by atoms with Gasteiger partial charge in [-0.05, 0) is 30.0 Å². The van der Waals surface area contributed by atoms with Crippen molar-refractivity contribution in [1.29, 1.82) is 0 Å². The molecule has 2 aromatic carbocycles. The molecule has 1 amide bonds. The molecule has 1 aliphatic rings. The third kappa shape index (κ3) is 6.84. The maximum Gasteiger partial charge on any atom is 0.471 e. The first-order valence-corrected chi connectivity index (χ1v) is 14.8. The molecule has 3 N–H and O–H groups in total. The minimum atomic E-state index is -4.75. The maximum absolute atomic E-state index is 13.4. The SMILES string of the molecule is Cn1nc2c(=O)n(CC3(O)CCN(Cc4ccc(-c5noc(C(F)(F)F)n5)cc4Cl)CC3)cnc2c1-c1ccc(COC(N)=O)cc1. The van der Waals surface area contributed by atoms with Crippen molar-refractivity contribution in [1.82, 2.24) is 34.4 Å². The van der Waals surface area contributed by atoms with E-state index in [4.69, 9.17) is 22.1 Å². The molecule has 47 heavy (non-hydrogen) atoms. The monoisotopic (exact) mass is 672 g/mol. The van der Waals surface area contributed by atoms with Gasteiger partial charge in [-0.3, -0.25) is 18.9 Å². The summed E-state index contributed by atoms with van der Waals surface area (Å²) in [7, 11) is 1.71. The lowest BCUT2D eigenvalue weighted by Crippen LogP contribution is -2.47. The Labute approximate surface area is 269 Å². The summed E-state index contributed by atoms with van der Waals surface area (Å²) in [4.78, 5) is 34.3. The smallest absolute Gasteiger partial charge is 0.445 e. The van der Waals surface area contributed by atoms with Crippen molar-refractivity contribution >= 4 is 28.7 Å². The Bertz CT molecular complexity index is 2000. The molecule has 3 aromatic heterocycles. The number of halogens is 4. The van der Waals surface area contributed by atoms with Gasteiger partial charge in [-0.25, -0.2) is 9.78 Å². The van der Waals surface area contributed by atoms with Gasteiger partial charge in [-0.1, -0.05) is 53.2 Å². The van der Waals surface area contributed by atoms with Gasteiger partial charge < -0.3 is 20.1 Å². The molecule has 0 aliphatic carbocycles. The summed E-state index contributed by atoms with van der Waals surface area (Å²) >= 11 is 6.45. The number of aromatic nitrogens is 6. The Balaban J connectivity index is 1.11. The molecule has 0 saturated carbocycles. The van der Waals surface area contributed by atoms with E-state index in [1.54, 1.807) is 36.0 Å². The molecular weight excluding hydrogens is 645 g/mol. The number of nitrogens with two attached hydrogens (primary N) is 1. The lowest BCUT2D eigenvalue weighted by Gasteiger charge is -2.38. The van der Waals surface area contributed by atoms with Crippen LogP contribution < -0.4 is 11.3 Å². The highest BCUT2D eigenvalue weighted by molar-refractivity contribution is 6.31. The number of nitrogens with zero attached hydrogens (tertiary/aromatic N) is 7.